The Balaban J connectivity index is 1.89. The van der Waals surface area contributed by atoms with Gasteiger partial charge in [0.05, 0.1) is 24.9 Å². The Morgan fingerprint density at radius 1 is 1.53 bits per heavy atom. The lowest BCUT2D eigenvalue weighted by molar-refractivity contribution is -0.120. The Labute approximate surface area is 99.2 Å². The third-order valence-electron chi connectivity index (χ3n) is 2.66. The molecule has 2 rings (SSSR count). The molecule has 17 heavy (non-hydrogen) atoms. The number of hydrogen-bond donors (Lipinski definition) is 2. The maximum Gasteiger partial charge on any atom is 0.224 e. The van der Waals surface area contributed by atoms with Gasteiger partial charge in [0.1, 0.15) is 5.76 Å². The van der Waals surface area contributed by atoms with Crippen molar-refractivity contribution >= 4 is 5.91 Å². The summed E-state index contributed by atoms with van der Waals surface area (Å²) < 4.78 is 5.13. The van der Waals surface area contributed by atoms with Crippen LogP contribution in [0.2, 0.25) is 0 Å². The third-order valence-corrected chi connectivity index (χ3v) is 2.66. The summed E-state index contributed by atoms with van der Waals surface area (Å²) in [6, 6.07) is 3.63. The van der Waals surface area contributed by atoms with Gasteiger partial charge >= 0.3 is 0 Å². The van der Waals surface area contributed by atoms with E-state index >= 15 is 0 Å². The van der Waals surface area contributed by atoms with E-state index < -0.39 is 0 Å². The number of carbonyl (C=O) groups is 1. The summed E-state index contributed by atoms with van der Waals surface area (Å²) in [5, 5.41) is 9.72. The van der Waals surface area contributed by atoms with Crippen LogP contribution in [0.4, 0.5) is 0 Å². The van der Waals surface area contributed by atoms with Gasteiger partial charge in [0, 0.05) is 11.3 Å². The number of aryl methyl sites for hydroxylation is 2. The van der Waals surface area contributed by atoms with Crippen LogP contribution in [-0.2, 0) is 17.8 Å². The molecule has 2 N–H and O–H groups in total. The highest BCUT2D eigenvalue weighted by atomic mass is 16.3. The van der Waals surface area contributed by atoms with E-state index in [4.69, 9.17) is 4.42 Å². The normalized spacial score (nSPS) is 10.5. The summed E-state index contributed by atoms with van der Waals surface area (Å²) in [5.74, 6) is 0.716. The largest absolute Gasteiger partial charge is 0.467 e. The molecule has 0 spiro atoms. The molecule has 0 saturated carbocycles. The number of nitrogens with zero attached hydrogens (tertiary/aromatic N) is 1. The highest BCUT2D eigenvalue weighted by Gasteiger charge is 2.11. The van der Waals surface area contributed by atoms with Gasteiger partial charge in [-0.2, -0.15) is 5.10 Å². The molecule has 0 fully saturated rings. The summed E-state index contributed by atoms with van der Waals surface area (Å²) in [6.45, 7) is 4.22. The monoisotopic (exact) mass is 233 g/mol. The van der Waals surface area contributed by atoms with Crippen LogP contribution in [0.5, 0.6) is 0 Å². The van der Waals surface area contributed by atoms with Crippen molar-refractivity contribution in [1.82, 2.24) is 15.5 Å². The topological polar surface area (TPSA) is 70.9 Å². The van der Waals surface area contributed by atoms with Crippen molar-refractivity contribution < 1.29 is 9.21 Å². The third kappa shape index (κ3) is 2.75. The number of carbonyl (C=O) groups excluding carboxylic acids is 1. The number of hydrogen-bond acceptors (Lipinski definition) is 3. The molecule has 0 aliphatic rings. The summed E-state index contributed by atoms with van der Waals surface area (Å²) in [7, 11) is 0. The molecule has 2 heterocycles. The van der Waals surface area contributed by atoms with E-state index in [2.05, 4.69) is 15.5 Å². The quantitative estimate of drug-likeness (QED) is 0.840. The van der Waals surface area contributed by atoms with Crippen molar-refractivity contribution in [2.24, 2.45) is 0 Å². The number of aromatic nitrogens is 2. The van der Waals surface area contributed by atoms with E-state index in [9.17, 15) is 4.79 Å². The van der Waals surface area contributed by atoms with Crippen LogP contribution in [0.3, 0.4) is 0 Å². The second-order valence-electron chi connectivity index (χ2n) is 3.95. The van der Waals surface area contributed by atoms with Crippen LogP contribution in [0, 0.1) is 13.8 Å². The van der Waals surface area contributed by atoms with Crippen LogP contribution >= 0.6 is 0 Å². The first-order valence-corrected chi connectivity index (χ1v) is 5.46. The molecular weight excluding hydrogens is 218 g/mol. The minimum atomic E-state index is -0.0333. The Morgan fingerprint density at radius 2 is 2.35 bits per heavy atom. The van der Waals surface area contributed by atoms with E-state index in [1.807, 2.05) is 19.9 Å². The Hall–Kier alpha value is -2.04. The summed E-state index contributed by atoms with van der Waals surface area (Å²) in [4.78, 5) is 11.7. The first-order valence-electron chi connectivity index (χ1n) is 5.46. The molecule has 5 nitrogen and oxygen atoms in total. The molecule has 0 radical (unpaired) electrons. The molecule has 90 valence electrons. The molecule has 0 bridgehead atoms. The fourth-order valence-electron chi connectivity index (χ4n) is 1.66. The van der Waals surface area contributed by atoms with Crippen molar-refractivity contribution in [1.29, 1.82) is 0 Å². The number of amides is 1. The predicted octanol–water partition coefficient (Wildman–Crippen LogP) is 1.48. The fraction of sp³-hybridized carbons (Fsp3) is 0.333. The first kappa shape index (κ1) is 11.4. The van der Waals surface area contributed by atoms with Crippen LogP contribution in [0.1, 0.15) is 22.7 Å². The van der Waals surface area contributed by atoms with E-state index in [1.165, 1.54) is 0 Å². The number of H-pyrrole nitrogens is 1. The molecular formula is C12H15N3O2. The highest BCUT2D eigenvalue weighted by molar-refractivity contribution is 5.78. The van der Waals surface area contributed by atoms with Crippen molar-refractivity contribution in [2.45, 2.75) is 26.8 Å². The van der Waals surface area contributed by atoms with Crippen molar-refractivity contribution in [3.05, 3.63) is 41.1 Å². The fourth-order valence-corrected chi connectivity index (χ4v) is 1.66. The van der Waals surface area contributed by atoms with Gasteiger partial charge in [-0.1, -0.05) is 0 Å². The second kappa shape index (κ2) is 4.86. The standard InChI is InChI=1S/C12H15N3O2/c1-8-11(9(2)15-14-8)6-12(16)13-7-10-4-3-5-17-10/h3-5H,6-7H2,1-2H3,(H,13,16)(H,14,15). The van der Waals surface area contributed by atoms with E-state index in [-0.39, 0.29) is 5.91 Å². The molecule has 0 atom stereocenters. The lowest BCUT2D eigenvalue weighted by Gasteiger charge is -2.03. The molecule has 1 amide bonds. The Kier molecular flexibility index (Phi) is 3.27. The average Bonchev–Trinajstić information content (AvgIpc) is 2.91. The summed E-state index contributed by atoms with van der Waals surface area (Å²) >= 11 is 0. The van der Waals surface area contributed by atoms with Gasteiger partial charge in [-0.25, -0.2) is 0 Å². The highest BCUT2D eigenvalue weighted by Crippen LogP contribution is 2.09. The predicted molar refractivity (Wildman–Crippen MR) is 62.3 cm³/mol. The van der Waals surface area contributed by atoms with Crippen LogP contribution in [0.15, 0.2) is 22.8 Å². The summed E-state index contributed by atoms with van der Waals surface area (Å²) in [5.41, 5.74) is 2.77. The van der Waals surface area contributed by atoms with Crippen molar-refractivity contribution in [3.63, 3.8) is 0 Å². The Morgan fingerprint density at radius 3 is 2.94 bits per heavy atom. The SMILES string of the molecule is Cc1n[nH]c(C)c1CC(=O)NCc1ccco1. The average molecular weight is 233 g/mol. The molecule has 0 aliphatic carbocycles. The zero-order valence-corrected chi connectivity index (χ0v) is 9.91. The molecule has 0 aromatic carbocycles. The minimum absolute atomic E-state index is 0.0333. The zero-order valence-electron chi connectivity index (χ0n) is 9.91. The van der Waals surface area contributed by atoms with Gasteiger partial charge in [-0.3, -0.25) is 9.89 Å². The van der Waals surface area contributed by atoms with E-state index in [0.29, 0.717) is 13.0 Å². The molecule has 2 aromatic heterocycles. The molecule has 0 aliphatic heterocycles. The zero-order chi connectivity index (χ0) is 12.3. The maximum atomic E-state index is 11.7. The van der Waals surface area contributed by atoms with Crippen molar-refractivity contribution in [2.75, 3.05) is 0 Å². The lowest BCUT2D eigenvalue weighted by atomic mass is 10.1. The minimum Gasteiger partial charge on any atom is -0.467 e. The second-order valence-corrected chi connectivity index (χ2v) is 3.95. The van der Waals surface area contributed by atoms with E-state index in [1.54, 1.807) is 12.3 Å². The number of rotatable bonds is 4. The van der Waals surface area contributed by atoms with Crippen LogP contribution in [-0.4, -0.2) is 16.1 Å². The lowest BCUT2D eigenvalue weighted by Crippen LogP contribution is -2.24. The van der Waals surface area contributed by atoms with Gasteiger partial charge in [0.25, 0.3) is 0 Å². The van der Waals surface area contributed by atoms with Gasteiger partial charge < -0.3 is 9.73 Å². The number of aromatic amines is 1. The van der Waals surface area contributed by atoms with Gasteiger partial charge in [-0.05, 0) is 26.0 Å². The van der Waals surface area contributed by atoms with Gasteiger partial charge in [-0.15, -0.1) is 0 Å². The Bertz CT molecular complexity index is 480. The molecule has 5 heteroatoms. The smallest absolute Gasteiger partial charge is 0.224 e. The van der Waals surface area contributed by atoms with Crippen molar-refractivity contribution in [3.8, 4) is 0 Å². The molecule has 0 unspecified atom stereocenters. The van der Waals surface area contributed by atoms with Crippen LogP contribution in [0.25, 0.3) is 0 Å². The molecule has 0 saturated heterocycles. The molecule has 2 aromatic rings. The summed E-state index contributed by atoms with van der Waals surface area (Å²) in [6.07, 6.45) is 1.93. The van der Waals surface area contributed by atoms with E-state index in [0.717, 1.165) is 22.7 Å². The maximum absolute atomic E-state index is 11.7. The number of nitrogens with one attached hydrogen (secondary N) is 2. The van der Waals surface area contributed by atoms with Gasteiger partial charge in [0.2, 0.25) is 5.91 Å². The van der Waals surface area contributed by atoms with Gasteiger partial charge in [0.15, 0.2) is 0 Å². The first-order chi connectivity index (χ1) is 8.16. The van der Waals surface area contributed by atoms with Crippen LogP contribution < -0.4 is 5.32 Å². The number of furan rings is 1.